The highest BCUT2D eigenvalue weighted by molar-refractivity contribution is 5.28. The van der Waals surface area contributed by atoms with Crippen LogP contribution in [0.25, 0.3) is 0 Å². The SMILES string of the molecule is CCCNCc1nnc(N2CCCC2CCCO)o1. The first-order chi connectivity index (χ1) is 9.35. The largest absolute Gasteiger partial charge is 0.407 e. The molecule has 1 aliphatic rings. The standard InChI is InChI=1S/C13H24N4O2/c1-2-7-14-10-12-15-16-13(19-12)17-8-3-5-11(17)6-4-9-18/h11,14,18H,2-10H2,1H3. The molecule has 0 aliphatic carbocycles. The van der Waals surface area contributed by atoms with Gasteiger partial charge in [0.1, 0.15) is 0 Å². The first-order valence-corrected chi connectivity index (χ1v) is 7.25. The van der Waals surface area contributed by atoms with Gasteiger partial charge in [-0.2, -0.15) is 0 Å². The van der Waals surface area contributed by atoms with Gasteiger partial charge in [0.2, 0.25) is 5.89 Å². The summed E-state index contributed by atoms with van der Waals surface area (Å²) in [5, 5.41) is 20.4. The molecule has 2 N–H and O–H groups in total. The Balaban J connectivity index is 1.89. The Kier molecular flexibility index (Phi) is 5.60. The molecule has 1 atom stereocenters. The third-order valence-electron chi connectivity index (χ3n) is 3.48. The van der Waals surface area contributed by atoms with Gasteiger partial charge in [-0.05, 0) is 38.6 Å². The van der Waals surface area contributed by atoms with Gasteiger partial charge in [-0.1, -0.05) is 12.0 Å². The quantitative estimate of drug-likeness (QED) is 0.692. The Labute approximate surface area is 114 Å². The lowest BCUT2D eigenvalue weighted by atomic mass is 10.1. The molecule has 1 aromatic rings. The molecular weight excluding hydrogens is 244 g/mol. The van der Waals surface area contributed by atoms with Gasteiger partial charge in [0.15, 0.2) is 0 Å². The first-order valence-electron chi connectivity index (χ1n) is 7.25. The third-order valence-corrected chi connectivity index (χ3v) is 3.48. The molecule has 108 valence electrons. The fourth-order valence-corrected chi connectivity index (χ4v) is 2.52. The zero-order valence-corrected chi connectivity index (χ0v) is 11.6. The summed E-state index contributed by atoms with van der Waals surface area (Å²) in [6.07, 6.45) is 5.21. The third kappa shape index (κ3) is 3.91. The van der Waals surface area contributed by atoms with Crippen LogP contribution in [0.5, 0.6) is 0 Å². The minimum Gasteiger partial charge on any atom is -0.407 e. The Bertz CT molecular complexity index is 369. The van der Waals surface area contributed by atoms with Gasteiger partial charge >= 0.3 is 6.01 Å². The van der Waals surface area contributed by atoms with Crippen molar-refractivity contribution in [1.29, 1.82) is 0 Å². The summed E-state index contributed by atoms with van der Waals surface area (Å²) in [5.41, 5.74) is 0. The van der Waals surface area contributed by atoms with Gasteiger partial charge in [-0.15, -0.1) is 5.10 Å². The van der Waals surface area contributed by atoms with Crippen LogP contribution in [0, 0.1) is 0 Å². The molecule has 2 rings (SSSR count). The van der Waals surface area contributed by atoms with Gasteiger partial charge in [0.05, 0.1) is 6.54 Å². The number of nitrogens with one attached hydrogen (secondary N) is 1. The van der Waals surface area contributed by atoms with E-state index in [1.54, 1.807) is 0 Å². The molecule has 1 aliphatic heterocycles. The van der Waals surface area contributed by atoms with Crippen LogP contribution in [0.3, 0.4) is 0 Å². The van der Waals surface area contributed by atoms with Crippen LogP contribution in [-0.2, 0) is 6.54 Å². The molecule has 1 unspecified atom stereocenters. The summed E-state index contributed by atoms with van der Waals surface area (Å²) in [6.45, 7) is 4.94. The molecule has 0 spiro atoms. The van der Waals surface area contributed by atoms with E-state index >= 15 is 0 Å². The minimum absolute atomic E-state index is 0.250. The molecule has 19 heavy (non-hydrogen) atoms. The molecule has 1 fully saturated rings. The number of aliphatic hydroxyl groups excluding tert-OH is 1. The van der Waals surface area contributed by atoms with E-state index in [0.717, 1.165) is 45.2 Å². The van der Waals surface area contributed by atoms with Gasteiger partial charge < -0.3 is 19.7 Å². The number of hydrogen-bond donors (Lipinski definition) is 2. The average molecular weight is 268 g/mol. The van der Waals surface area contributed by atoms with Crippen molar-refractivity contribution in [2.45, 2.75) is 51.6 Å². The number of hydrogen-bond acceptors (Lipinski definition) is 6. The highest BCUT2D eigenvalue weighted by Crippen LogP contribution is 2.26. The lowest BCUT2D eigenvalue weighted by Crippen LogP contribution is -2.29. The fraction of sp³-hybridized carbons (Fsp3) is 0.846. The van der Waals surface area contributed by atoms with E-state index in [1.807, 2.05) is 0 Å². The summed E-state index contributed by atoms with van der Waals surface area (Å²) in [6, 6.07) is 1.07. The Hall–Kier alpha value is -1.14. The average Bonchev–Trinajstić information content (AvgIpc) is 3.05. The molecule has 1 saturated heterocycles. The van der Waals surface area contributed by atoms with E-state index in [9.17, 15) is 0 Å². The molecule has 0 radical (unpaired) electrons. The highest BCUT2D eigenvalue weighted by Gasteiger charge is 2.28. The molecule has 0 aromatic carbocycles. The van der Waals surface area contributed by atoms with E-state index in [4.69, 9.17) is 9.52 Å². The normalized spacial score (nSPS) is 19.3. The summed E-state index contributed by atoms with van der Waals surface area (Å²) in [7, 11) is 0. The van der Waals surface area contributed by atoms with Gasteiger partial charge in [0.25, 0.3) is 0 Å². The van der Waals surface area contributed by atoms with Gasteiger partial charge in [-0.3, -0.25) is 0 Å². The molecule has 0 saturated carbocycles. The van der Waals surface area contributed by atoms with Crippen molar-refractivity contribution in [1.82, 2.24) is 15.5 Å². The number of nitrogens with zero attached hydrogens (tertiary/aromatic N) is 3. The molecular formula is C13H24N4O2. The second-order valence-electron chi connectivity index (χ2n) is 5.01. The molecule has 2 heterocycles. The Morgan fingerprint density at radius 2 is 2.37 bits per heavy atom. The van der Waals surface area contributed by atoms with Crippen LogP contribution < -0.4 is 10.2 Å². The second kappa shape index (κ2) is 7.45. The smallest absolute Gasteiger partial charge is 0.318 e. The van der Waals surface area contributed by atoms with Gasteiger partial charge in [0, 0.05) is 19.2 Å². The zero-order chi connectivity index (χ0) is 13.5. The maximum Gasteiger partial charge on any atom is 0.318 e. The van der Waals surface area contributed by atoms with E-state index in [2.05, 4.69) is 27.3 Å². The van der Waals surface area contributed by atoms with Crippen molar-refractivity contribution in [3.8, 4) is 0 Å². The fourth-order valence-electron chi connectivity index (χ4n) is 2.52. The molecule has 6 nitrogen and oxygen atoms in total. The number of rotatable bonds is 8. The maximum absolute atomic E-state index is 8.93. The molecule has 6 heteroatoms. The van der Waals surface area contributed by atoms with Crippen molar-refractivity contribution in [3.05, 3.63) is 5.89 Å². The summed E-state index contributed by atoms with van der Waals surface area (Å²) < 4.78 is 5.70. The number of anilines is 1. The molecule has 0 amide bonds. The monoisotopic (exact) mass is 268 g/mol. The second-order valence-corrected chi connectivity index (χ2v) is 5.01. The summed E-state index contributed by atoms with van der Waals surface area (Å²) in [4.78, 5) is 2.19. The van der Waals surface area contributed by atoms with Crippen LogP contribution in [0.15, 0.2) is 4.42 Å². The maximum atomic E-state index is 8.93. The topological polar surface area (TPSA) is 74.4 Å². The summed E-state index contributed by atoms with van der Waals surface area (Å²) in [5.74, 6) is 0.649. The molecule has 1 aromatic heterocycles. The lowest BCUT2D eigenvalue weighted by molar-refractivity contribution is 0.279. The Morgan fingerprint density at radius 1 is 1.47 bits per heavy atom. The van der Waals surface area contributed by atoms with Crippen LogP contribution in [-0.4, -0.2) is 41.0 Å². The predicted octanol–water partition coefficient (Wildman–Crippen LogP) is 1.31. The molecule has 0 bridgehead atoms. The lowest BCUT2D eigenvalue weighted by Gasteiger charge is -2.21. The van der Waals surface area contributed by atoms with E-state index in [1.165, 1.54) is 0 Å². The van der Waals surface area contributed by atoms with Crippen molar-refractivity contribution in [2.75, 3.05) is 24.6 Å². The van der Waals surface area contributed by atoms with Crippen molar-refractivity contribution in [2.24, 2.45) is 0 Å². The van der Waals surface area contributed by atoms with Gasteiger partial charge in [-0.25, -0.2) is 0 Å². The van der Waals surface area contributed by atoms with Crippen molar-refractivity contribution < 1.29 is 9.52 Å². The first kappa shape index (κ1) is 14.3. The zero-order valence-electron chi connectivity index (χ0n) is 11.6. The van der Waals surface area contributed by atoms with Crippen LogP contribution in [0.1, 0.15) is 44.9 Å². The van der Waals surface area contributed by atoms with Crippen LogP contribution in [0.2, 0.25) is 0 Å². The minimum atomic E-state index is 0.250. The van der Waals surface area contributed by atoms with E-state index in [-0.39, 0.29) is 6.61 Å². The van der Waals surface area contributed by atoms with E-state index < -0.39 is 0 Å². The number of aliphatic hydroxyl groups is 1. The number of aromatic nitrogens is 2. The van der Waals surface area contributed by atoms with Crippen LogP contribution in [0.4, 0.5) is 6.01 Å². The van der Waals surface area contributed by atoms with Crippen LogP contribution >= 0.6 is 0 Å². The predicted molar refractivity (Wildman–Crippen MR) is 73.0 cm³/mol. The Morgan fingerprint density at radius 3 is 3.16 bits per heavy atom. The highest BCUT2D eigenvalue weighted by atomic mass is 16.4. The summed E-state index contributed by atoms with van der Waals surface area (Å²) >= 11 is 0. The van der Waals surface area contributed by atoms with Crippen molar-refractivity contribution >= 4 is 6.01 Å². The van der Waals surface area contributed by atoms with Crippen molar-refractivity contribution in [3.63, 3.8) is 0 Å². The van der Waals surface area contributed by atoms with E-state index in [0.29, 0.717) is 24.5 Å².